The molecule has 0 atom stereocenters. The first-order valence-corrected chi connectivity index (χ1v) is 6.13. The van der Waals surface area contributed by atoms with Crippen LogP contribution in [0, 0.1) is 0 Å². The Bertz CT molecular complexity index is 686. The molecule has 0 radical (unpaired) electrons. The molecule has 7 nitrogen and oxygen atoms in total. The molecule has 0 saturated heterocycles. The normalized spacial score (nSPS) is 11.0. The molecule has 0 fully saturated rings. The molecule has 0 saturated carbocycles. The lowest BCUT2D eigenvalue weighted by molar-refractivity contribution is 0.766. The lowest BCUT2D eigenvalue weighted by Crippen LogP contribution is -1.98. The fraction of sp³-hybridized carbons (Fsp3) is 0.200. The summed E-state index contributed by atoms with van der Waals surface area (Å²) in [7, 11) is 3.67. The Balaban J connectivity index is 2.06. The van der Waals surface area contributed by atoms with Gasteiger partial charge in [-0.05, 0) is 0 Å². The van der Waals surface area contributed by atoms with Crippen molar-refractivity contribution in [3.05, 3.63) is 18.7 Å². The predicted octanol–water partition coefficient (Wildman–Crippen LogP) is 1.28. The Kier molecular flexibility index (Phi) is 2.63. The standard InChI is InChI=1S/C10H11N7S/c1-11-10-15-8-7(12-5-13-8)9(16-10)18-6-3-14-17(2)4-6/h3-5H,1-2H3,(H2,11,12,13,15,16). The molecule has 0 aromatic carbocycles. The summed E-state index contributed by atoms with van der Waals surface area (Å²) in [6, 6.07) is 0. The monoisotopic (exact) mass is 261 g/mol. The average Bonchev–Trinajstić information content (AvgIpc) is 2.98. The molecule has 3 aromatic heterocycles. The van der Waals surface area contributed by atoms with Gasteiger partial charge < -0.3 is 10.3 Å². The molecule has 0 bridgehead atoms. The summed E-state index contributed by atoms with van der Waals surface area (Å²) in [4.78, 5) is 16.9. The van der Waals surface area contributed by atoms with Gasteiger partial charge in [0, 0.05) is 20.3 Å². The molecule has 3 rings (SSSR count). The van der Waals surface area contributed by atoms with Crippen LogP contribution in [0.4, 0.5) is 5.95 Å². The highest BCUT2D eigenvalue weighted by atomic mass is 32.2. The first kappa shape index (κ1) is 11.0. The Morgan fingerprint density at radius 1 is 1.39 bits per heavy atom. The van der Waals surface area contributed by atoms with E-state index in [1.54, 1.807) is 24.3 Å². The SMILES string of the molecule is CNc1nc(Sc2cnn(C)c2)c2[nH]cnc2n1. The van der Waals surface area contributed by atoms with Crippen molar-refractivity contribution in [1.29, 1.82) is 0 Å². The van der Waals surface area contributed by atoms with Crippen molar-refractivity contribution in [1.82, 2.24) is 29.7 Å². The van der Waals surface area contributed by atoms with Gasteiger partial charge in [-0.25, -0.2) is 9.97 Å². The summed E-state index contributed by atoms with van der Waals surface area (Å²) < 4.78 is 1.76. The van der Waals surface area contributed by atoms with Gasteiger partial charge in [0.05, 0.1) is 17.4 Å². The molecule has 0 aliphatic rings. The lowest BCUT2D eigenvalue weighted by Gasteiger charge is -2.02. The zero-order valence-electron chi connectivity index (χ0n) is 9.88. The number of hydrogen-bond acceptors (Lipinski definition) is 6. The van der Waals surface area contributed by atoms with E-state index in [1.807, 2.05) is 13.2 Å². The van der Waals surface area contributed by atoms with Gasteiger partial charge in [-0.1, -0.05) is 11.8 Å². The van der Waals surface area contributed by atoms with Crippen molar-refractivity contribution in [2.45, 2.75) is 9.92 Å². The fourth-order valence-corrected chi connectivity index (χ4v) is 2.47. The van der Waals surface area contributed by atoms with Gasteiger partial charge in [0.15, 0.2) is 5.65 Å². The van der Waals surface area contributed by atoms with E-state index in [2.05, 4.69) is 30.4 Å². The number of anilines is 1. The quantitative estimate of drug-likeness (QED) is 0.691. The van der Waals surface area contributed by atoms with Crippen LogP contribution in [0.1, 0.15) is 0 Å². The van der Waals surface area contributed by atoms with Crippen LogP contribution in [0.2, 0.25) is 0 Å². The van der Waals surface area contributed by atoms with Crippen LogP contribution in [0.15, 0.2) is 28.6 Å². The van der Waals surface area contributed by atoms with Crippen molar-refractivity contribution in [2.24, 2.45) is 7.05 Å². The highest BCUT2D eigenvalue weighted by Gasteiger charge is 2.11. The Morgan fingerprint density at radius 3 is 3.00 bits per heavy atom. The van der Waals surface area contributed by atoms with Crippen molar-refractivity contribution in [2.75, 3.05) is 12.4 Å². The van der Waals surface area contributed by atoms with Gasteiger partial charge in [-0.3, -0.25) is 4.68 Å². The number of fused-ring (bicyclic) bond motifs is 1. The van der Waals surface area contributed by atoms with E-state index in [4.69, 9.17) is 0 Å². The van der Waals surface area contributed by atoms with Gasteiger partial charge in [0.25, 0.3) is 0 Å². The third kappa shape index (κ3) is 1.90. The maximum absolute atomic E-state index is 4.43. The van der Waals surface area contributed by atoms with E-state index in [1.165, 1.54) is 11.8 Å². The summed E-state index contributed by atoms with van der Waals surface area (Å²) in [6.07, 6.45) is 5.36. The van der Waals surface area contributed by atoms with Crippen molar-refractivity contribution in [3.8, 4) is 0 Å². The van der Waals surface area contributed by atoms with E-state index in [0.717, 1.165) is 15.4 Å². The summed E-state index contributed by atoms with van der Waals surface area (Å²) in [5, 5.41) is 7.89. The van der Waals surface area contributed by atoms with Gasteiger partial charge in [-0.2, -0.15) is 10.1 Å². The first-order chi connectivity index (χ1) is 8.76. The lowest BCUT2D eigenvalue weighted by atomic mass is 10.5. The fourth-order valence-electron chi connectivity index (χ4n) is 1.56. The molecule has 3 heterocycles. The van der Waals surface area contributed by atoms with Gasteiger partial charge in [0.2, 0.25) is 5.95 Å². The number of H-pyrrole nitrogens is 1. The molecular formula is C10H11N7S. The van der Waals surface area contributed by atoms with E-state index in [-0.39, 0.29) is 0 Å². The van der Waals surface area contributed by atoms with Crippen LogP contribution in [0.5, 0.6) is 0 Å². The minimum Gasteiger partial charge on any atom is -0.357 e. The van der Waals surface area contributed by atoms with Crippen LogP contribution in [0.3, 0.4) is 0 Å². The molecule has 0 unspecified atom stereocenters. The van der Waals surface area contributed by atoms with Gasteiger partial charge >= 0.3 is 0 Å². The predicted molar refractivity (Wildman–Crippen MR) is 68.6 cm³/mol. The highest BCUT2D eigenvalue weighted by Crippen LogP contribution is 2.30. The van der Waals surface area contributed by atoms with Crippen LogP contribution < -0.4 is 5.32 Å². The highest BCUT2D eigenvalue weighted by molar-refractivity contribution is 7.99. The molecule has 8 heteroatoms. The van der Waals surface area contributed by atoms with Gasteiger partial charge in [-0.15, -0.1) is 0 Å². The molecule has 2 N–H and O–H groups in total. The zero-order valence-corrected chi connectivity index (χ0v) is 10.7. The summed E-state index contributed by atoms with van der Waals surface area (Å²) in [5.74, 6) is 0.556. The largest absolute Gasteiger partial charge is 0.357 e. The van der Waals surface area contributed by atoms with Crippen LogP contribution in [0.25, 0.3) is 11.2 Å². The average molecular weight is 261 g/mol. The number of nitrogens with zero attached hydrogens (tertiary/aromatic N) is 5. The van der Waals surface area contributed by atoms with E-state index >= 15 is 0 Å². The van der Waals surface area contributed by atoms with E-state index in [0.29, 0.717) is 11.6 Å². The molecule has 0 aliphatic carbocycles. The molecule has 0 aliphatic heterocycles. The Morgan fingerprint density at radius 2 is 2.28 bits per heavy atom. The molecule has 0 amide bonds. The topological polar surface area (TPSA) is 84.3 Å². The van der Waals surface area contributed by atoms with Crippen molar-refractivity contribution >= 4 is 28.9 Å². The number of aryl methyl sites for hydroxylation is 1. The molecule has 18 heavy (non-hydrogen) atoms. The third-order valence-corrected chi connectivity index (χ3v) is 3.31. The number of rotatable bonds is 3. The number of aromatic amines is 1. The summed E-state index contributed by atoms with van der Waals surface area (Å²) >= 11 is 1.53. The Hall–Kier alpha value is -2.09. The number of nitrogens with one attached hydrogen (secondary N) is 2. The minimum absolute atomic E-state index is 0.556. The number of imidazole rings is 1. The second-order valence-electron chi connectivity index (χ2n) is 3.66. The summed E-state index contributed by atoms with van der Waals surface area (Å²) in [6.45, 7) is 0. The zero-order chi connectivity index (χ0) is 12.5. The van der Waals surface area contributed by atoms with Gasteiger partial charge in [0.1, 0.15) is 10.5 Å². The second kappa shape index (κ2) is 4.30. The molecule has 92 valence electrons. The van der Waals surface area contributed by atoms with Crippen molar-refractivity contribution < 1.29 is 0 Å². The number of hydrogen-bond donors (Lipinski definition) is 2. The minimum atomic E-state index is 0.556. The maximum Gasteiger partial charge on any atom is 0.225 e. The molecular weight excluding hydrogens is 250 g/mol. The maximum atomic E-state index is 4.43. The van der Waals surface area contributed by atoms with E-state index in [9.17, 15) is 0 Å². The molecule has 3 aromatic rings. The van der Waals surface area contributed by atoms with E-state index < -0.39 is 0 Å². The Labute approximate surface area is 107 Å². The van der Waals surface area contributed by atoms with Crippen LogP contribution >= 0.6 is 11.8 Å². The smallest absolute Gasteiger partial charge is 0.225 e. The third-order valence-electron chi connectivity index (χ3n) is 2.37. The van der Waals surface area contributed by atoms with Crippen molar-refractivity contribution in [3.63, 3.8) is 0 Å². The molecule has 0 spiro atoms. The second-order valence-corrected chi connectivity index (χ2v) is 4.72. The summed E-state index contributed by atoms with van der Waals surface area (Å²) in [5.41, 5.74) is 1.49. The van der Waals surface area contributed by atoms with Crippen LogP contribution in [-0.2, 0) is 7.05 Å². The number of aromatic nitrogens is 6. The van der Waals surface area contributed by atoms with Crippen LogP contribution in [-0.4, -0.2) is 36.8 Å². The first-order valence-electron chi connectivity index (χ1n) is 5.31.